The lowest BCUT2D eigenvalue weighted by atomic mass is 10.0. The minimum absolute atomic E-state index is 0. The summed E-state index contributed by atoms with van der Waals surface area (Å²) in [4.78, 5) is 4.20. The minimum Gasteiger partial charge on any atom is -0.263 e. The molecule has 0 spiro atoms. The maximum atomic E-state index is 12.2. The number of halogens is 1. The van der Waals surface area contributed by atoms with E-state index in [0.29, 0.717) is 11.7 Å². The summed E-state index contributed by atoms with van der Waals surface area (Å²) >= 11 is 0. The molecule has 2 aromatic rings. The molecule has 0 unspecified atom stereocenters. The first-order valence-electron chi connectivity index (χ1n) is 6.50. The van der Waals surface area contributed by atoms with Crippen LogP contribution in [0.4, 0.5) is 5.82 Å². The number of anilines is 1. The Hall–Kier alpha value is -1.59. The average Bonchev–Trinajstić information content (AvgIpc) is 2.39. The Labute approximate surface area is 132 Å². The molecule has 1 N–H and O–H groups in total. The molecule has 1 heterocycles. The lowest BCUT2D eigenvalue weighted by Gasteiger charge is -2.09. The maximum absolute atomic E-state index is 12.2. The third-order valence-corrected chi connectivity index (χ3v) is 4.15. The molecule has 6 heteroatoms. The van der Waals surface area contributed by atoms with Crippen LogP contribution in [0.3, 0.4) is 0 Å². The fraction of sp³-hybridized carbons (Fsp3) is 0.267. The molecule has 114 valence electrons. The van der Waals surface area contributed by atoms with Gasteiger partial charge in [-0.15, -0.1) is 12.4 Å². The standard InChI is InChI=1S/C15H18N2O2S.ClH/c1-12(2)11-13-6-8-14(9-7-13)20(18,19)17-15-5-3-4-10-16-15;/h3-10,12H,11H2,1-2H3,(H,16,17);1H. The Balaban J connectivity index is 0.00000220. The van der Waals surface area contributed by atoms with E-state index in [0.717, 1.165) is 12.0 Å². The van der Waals surface area contributed by atoms with Gasteiger partial charge in [-0.25, -0.2) is 13.4 Å². The molecular weight excluding hydrogens is 308 g/mol. The number of benzene rings is 1. The molecule has 0 atom stereocenters. The Morgan fingerprint density at radius 2 is 1.76 bits per heavy atom. The van der Waals surface area contributed by atoms with Crippen LogP contribution >= 0.6 is 12.4 Å². The summed E-state index contributed by atoms with van der Waals surface area (Å²) in [7, 11) is -3.57. The van der Waals surface area contributed by atoms with Gasteiger partial charge in [0.05, 0.1) is 4.90 Å². The van der Waals surface area contributed by atoms with Crippen molar-refractivity contribution in [1.29, 1.82) is 0 Å². The largest absolute Gasteiger partial charge is 0.263 e. The van der Waals surface area contributed by atoms with Crippen molar-refractivity contribution in [1.82, 2.24) is 4.98 Å². The number of pyridine rings is 1. The second-order valence-corrected chi connectivity index (χ2v) is 6.74. The molecule has 0 aliphatic carbocycles. The molecule has 1 aromatic carbocycles. The van der Waals surface area contributed by atoms with Crippen LogP contribution in [0, 0.1) is 5.92 Å². The normalized spacial score (nSPS) is 11.0. The van der Waals surface area contributed by atoms with Gasteiger partial charge in [0.2, 0.25) is 0 Å². The topological polar surface area (TPSA) is 59.1 Å². The predicted octanol–water partition coefficient (Wildman–Crippen LogP) is 3.50. The number of hydrogen-bond acceptors (Lipinski definition) is 3. The zero-order valence-electron chi connectivity index (χ0n) is 12.0. The van der Waals surface area contributed by atoms with E-state index in [1.165, 1.54) is 0 Å². The second-order valence-electron chi connectivity index (χ2n) is 5.06. The molecular formula is C15H19ClN2O2S. The Morgan fingerprint density at radius 3 is 2.29 bits per heavy atom. The number of nitrogens with zero attached hydrogens (tertiary/aromatic N) is 1. The molecule has 21 heavy (non-hydrogen) atoms. The van der Waals surface area contributed by atoms with Gasteiger partial charge in [0.1, 0.15) is 5.82 Å². The highest BCUT2D eigenvalue weighted by Crippen LogP contribution is 2.16. The van der Waals surface area contributed by atoms with Crippen LogP contribution in [-0.4, -0.2) is 13.4 Å². The summed E-state index contributed by atoms with van der Waals surface area (Å²) in [6.07, 6.45) is 2.48. The van der Waals surface area contributed by atoms with Crippen molar-refractivity contribution in [3.8, 4) is 0 Å². The van der Waals surface area contributed by atoms with Crippen molar-refractivity contribution < 1.29 is 8.42 Å². The van der Waals surface area contributed by atoms with Gasteiger partial charge < -0.3 is 0 Å². The van der Waals surface area contributed by atoms with Gasteiger partial charge in [-0.2, -0.15) is 0 Å². The monoisotopic (exact) mass is 326 g/mol. The SMILES string of the molecule is CC(C)Cc1ccc(S(=O)(=O)Nc2ccccn2)cc1.Cl. The van der Waals surface area contributed by atoms with Gasteiger partial charge in [0.15, 0.2) is 0 Å². The highest BCUT2D eigenvalue weighted by Gasteiger charge is 2.14. The third kappa shape index (κ3) is 5.02. The molecule has 0 saturated carbocycles. The fourth-order valence-corrected chi connectivity index (χ4v) is 2.90. The fourth-order valence-electron chi connectivity index (χ4n) is 1.90. The summed E-state index contributed by atoms with van der Waals surface area (Å²) in [5.41, 5.74) is 1.14. The van der Waals surface area contributed by atoms with Crippen LogP contribution in [0.25, 0.3) is 0 Å². The Kier molecular flexibility index (Phi) is 6.18. The number of rotatable bonds is 5. The molecule has 0 fully saturated rings. The molecule has 0 saturated heterocycles. The number of hydrogen-bond donors (Lipinski definition) is 1. The first-order chi connectivity index (χ1) is 9.47. The smallest absolute Gasteiger partial charge is 0.263 e. The second kappa shape index (κ2) is 7.43. The van der Waals surface area contributed by atoms with Crippen molar-refractivity contribution >= 4 is 28.2 Å². The van der Waals surface area contributed by atoms with Crippen molar-refractivity contribution in [2.75, 3.05) is 4.72 Å². The molecule has 1 aromatic heterocycles. The summed E-state index contributed by atoms with van der Waals surface area (Å²) in [6, 6.07) is 12.0. The van der Waals surface area contributed by atoms with Crippen LogP contribution in [0.5, 0.6) is 0 Å². The van der Waals surface area contributed by atoms with Gasteiger partial charge in [-0.1, -0.05) is 32.0 Å². The van der Waals surface area contributed by atoms with Crippen LogP contribution in [0.2, 0.25) is 0 Å². The first-order valence-corrected chi connectivity index (χ1v) is 7.98. The lowest BCUT2D eigenvalue weighted by Crippen LogP contribution is -2.13. The number of aromatic nitrogens is 1. The Bertz CT molecular complexity index is 656. The molecule has 2 rings (SSSR count). The van der Waals surface area contributed by atoms with E-state index < -0.39 is 10.0 Å². The summed E-state index contributed by atoms with van der Waals surface area (Å²) in [5, 5.41) is 0. The number of nitrogens with one attached hydrogen (secondary N) is 1. The van der Waals surface area contributed by atoms with E-state index in [9.17, 15) is 8.42 Å². The van der Waals surface area contributed by atoms with Crippen LogP contribution in [0.1, 0.15) is 19.4 Å². The van der Waals surface area contributed by atoms with Crippen molar-refractivity contribution in [2.45, 2.75) is 25.2 Å². The molecule has 0 aliphatic rings. The molecule has 0 bridgehead atoms. The van der Waals surface area contributed by atoms with E-state index in [2.05, 4.69) is 23.6 Å². The van der Waals surface area contributed by atoms with Crippen molar-refractivity contribution in [3.63, 3.8) is 0 Å². The molecule has 4 nitrogen and oxygen atoms in total. The average molecular weight is 327 g/mol. The zero-order chi connectivity index (χ0) is 14.6. The highest BCUT2D eigenvalue weighted by atomic mass is 35.5. The lowest BCUT2D eigenvalue weighted by molar-refractivity contribution is 0.601. The maximum Gasteiger partial charge on any atom is 0.263 e. The number of sulfonamides is 1. The Morgan fingerprint density at radius 1 is 1.10 bits per heavy atom. The van der Waals surface area contributed by atoms with Crippen LogP contribution in [0.15, 0.2) is 53.6 Å². The van der Waals surface area contributed by atoms with Crippen LogP contribution in [-0.2, 0) is 16.4 Å². The first kappa shape index (κ1) is 17.5. The van der Waals surface area contributed by atoms with Crippen molar-refractivity contribution in [3.05, 3.63) is 54.2 Å². The van der Waals surface area contributed by atoms with E-state index >= 15 is 0 Å². The summed E-state index contributed by atoms with van der Waals surface area (Å²) in [6.45, 7) is 4.26. The molecule has 0 aliphatic heterocycles. The van der Waals surface area contributed by atoms with Gasteiger partial charge in [0, 0.05) is 6.20 Å². The summed E-state index contributed by atoms with van der Waals surface area (Å²) < 4.78 is 26.8. The molecule has 0 amide bonds. The van der Waals surface area contributed by atoms with Gasteiger partial charge in [-0.3, -0.25) is 4.72 Å². The quantitative estimate of drug-likeness (QED) is 0.914. The van der Waals surface area contributed by atoms with Gasteiger partial charge >= 0.3 is 0 Å². The zero-order valence-corrected chi connectivity index (χ0v) is 13.6. The van der Waals surface area contributed by atoms with E-state index in [-0.39, 0.29) is 17.3 Å². The summed E-state index contributed by atoms with van der Waals surface area (Å²) in [5.74, 6) is 0.864. The van der Waals surface area contributed by atoms with Gasteiger partial charge in [0.25, 0.3) is 10.0 Å². The third-order valence-electron chi connectivity index (χ3n) is 2.78. The molecule has 0 radical (unpaired) electrons. The van der Waals surface area contributed by atoms with E-state index in [4.69, 9.17) is 0 Å². The predicted molar refractivity (Wildman–Crippen MR) is 87.3 cm³/mol. The van der Waals surface area contributed by atoms with E-state index in [1.54, 1.807) is 36.5 Å². The van der Waals surface area contributed by atoms with Crippen LogP contribution < -0.4 is 4.72 Å². The highest BCUT2D eigenvalue weighted by molar-refractivity contribution is 7.92. The minimum atomic E-state index is -3.57. The van der Waals surface area contributed by atoms with E-state index in [1.807, 2.05) is 12.1 Å². The van der Waals surface area contributed by atoms with Crippen molar-refractivity contribution in [2.24, 2.45) is 5.92 Å². The van der Waals surface area contributed by atoms with Gasteiger partial charge in [-0.05, 0) is 42.2 Å².